The zero-order chi connectivity index (χ0) is 7.84. The molecule has 2 heterocycles. The van der Waals surface area contributed by atoms with Crippen molar-refractivity contribution >= 4 is 23.2 Å². The molecule has 6 heteroatoms. The summed E-state index contributed by atoms with van der Waals surface area (Å²) in [4.78, 5) is 3.72. The van der Waals surface area contributed by atoms with Crippen molar-refractivity contribution in [2.45, 2.75) is 12.6 Å². The molecule has 1 aromatic rings. The largest absolute Gasteiger partial charge is 0.371 e. The van der Waals surface area contributed by atoms with Gasteiger partial charge in [-0.3, -0.25) is 0 Å². The van der Waals surface area contributed by atoms with E-state index in [4.69, 9.17) is 27.9 Å². The third-order valence-corrected chi connectivity index (χ3v) is 1.82. The third kappa shape index (κ3) is 1.64. The van der Waals surface area contributed by atoms with E-state index in [-0.39, 0.29) is 11.4 Å². The minimum Gasteiger partial charge on any atom is -0.371 e. The van der Waals surface area contributed by atoms with Crippen molar-refractivity contribution in [3.05, 3.63) is 10.6 Å². The van der Waals surface area contributed by atoms with Gasteiger partial charge in [-0.15, -0.1) is 5.10 Å². The maximum absolute atomic E-state index is 5.67. The molecule has 1 aromatic heterocycles. The number of halogens is 2. The SMILES string of the molecule is Clc1nc(Cl)n(CC2CO2)n1. The van der Waals surface area contributed by atoms with Gasteiger partial charge in [0.1, 0.15) is 6.10 Å². The topological polar surface area (TPSA) is 43.2 Å². The zero-order valence-corrected chi connectivity index (χ0v) is 7.01. The number of rotatable bonds is 2. The van der Waals surface area contributed by atoms with E-state index in [2.05, 4.69) is 10.1 Å². The highest BCUT2D eigenvalue weighted by molar-refractivity contribution is 6.31. The maximum atomic E-state index is 5.67. The molecule has 1 aliphatic rings. The first kappa shape index (κ1) is 7.34. The van der Waals surface area contributed by atoms with Gasteiger partial charge in [0.2, 0.25) is 10.6 Å². The summed E-state index contributed by atoms with van der Waals surface area (Å²) in [5.74, 6) is 0. The number of hydrogen-bond donors (Lipinski definition) is 0. The Labute approximate surface area is 73.1 Å². The quantitative estimate of drug-likeness (QED) is 0.659. The Balaban J connectivity index is 2.14. The average Bonchev–Trinajstić information content (AvgIpc) is 2.64. The van der Waals surface area contributed by atoms with Crippen LogP contribution in [0.2, 0.25) is 10.6 Å². The van der Waals surface area contributed by atoms with Gasteiger partial charge >= 0.3 is 0 Å². The van der Waals surface area contributed by atoms with Crippen molar-refractivity contribution < 1.29 is 4.74 Å². The second-order valence-electron chi connectivity index (χ2n) is 2.29. The minimum absolute atomic E-state index is 0.177. The normalized spacial score (nSPS) is 22.2. The van der Waals surface area contributed by atoms with Crippen LogP contribution in [0.1, 0.15) is 0 Å². The highest BCUT2D eigenvalue weighted by Gasteiger charge is 2.24. The standard InChI is InChI=1S/C5H5Cl2N3O/c6-4-8-5(7)10(9-4)1-3-2-11-3/h3H,1-2H2. The van der Waals surface area contributed by atoms with Gasteiger partial charge in [-0.25, -0.2) is 4.68 Å². The first-order valence-electron chi connectivity index (χ1n) is 3.13. The first-order chi connectivity index (χ1) is 5.25. The second kappa shape index (κ2) is 2.62. The minimum atomic E-state index is 0.177. The Morgan fingerprint density at radius 3 is 2.82 bits per heavy atom. The van der Waals surface area contributed by atoms with Crippen LogP contribution in [-0.4, -0.2) is 27.5 Å². The van der Waals surface area contributed by atoms with Crippen molar-refractivity contribution in [1.82, 2.24) is 14.8 Å². The molecular formula is C5H5Cl2N3O. The summed E-state index contributed by atoms with van der Waals surface area (Å²) in [7, 11) is 0. The van der Waals surface area contributed by atoms with Crippen molar-refractivity contribution in [2.24, 2.45) is 0 Å². The molecule has 1 aliphatic heterocycles. The summed E-state index contributed by atoms with van der Waals surface area (Å²) in [5, 5.41) is 4.34. The van der Waals surface area contributed by atoms with E-state index in [0.29, 0.717) is 11.8 Å². The molecule has 4 nitrogen and oxygen atoms in total. The van der Waals surface area contributed by atoms with E-state index in [1.807, 2.05) is 0 Å². The molecule has 0 amide bonds. The Morgan fingerprint density at radius 2 is 2.36 bits per heavy atom. The predicted octanol–water partition coefficient (Wildman–Crippen LogP) is 0.984. The van der Waals surface area contributed by atoms with E-state index in [1.54, 1.807) is 0 Å². The fraction of sp³-hybridized carbons (Fsp3) is 0.600. The molecule has 1 unspecified atom stereocenters. The average molecular weight is 194 g/mol. The predicted molar refractivity (Wildman–Crippen MR) is 39.8 cm³/mol. The van der Waals surface area contributed by atoms with Gasteiger partial charge in [-0.05, 0) is 23.2 Å². The van der Waals surface area contributed by atoms with E-state index in [0.717, 1.165) is 6.61 Å². The third-order valence-electron chi connectivity index (χ3n) is 1.38. The maximum Gasteiger partial charge on any atom is 0.243 e. The summed E-state index contributed by atoms with van der Waals surface area (Å²) < 4.78 is 6.52. The molecule has 2 rings (SSSR count). The van der Waals surface area contributed by atoms with Crippen LogP contribution in [0.4, 0.5) is 0 Å². The lowest BCUT2D eigenvalue weighted by atomic mass is 10.5. The van der Waals surface area contributed by atoms with Gasteiger partial charge in [0, 0.05) is 0 Å². The van der Waals surface area contributed by atoms with E-state index < -0.39 is 0 Å². The number of aromatic nitrogens is 3. The van der Waals surface area contributed by atoms with Gasteiger partial charge in [-0.1, -0.05) is 0 Å². The van der Waals surface area contributed by atoms with Gasteiger partial charge in [0.25, 0.3) is 0 Å². The first-order valence-corrected chi connectivity index (χ1v) is 3.89. The Kier molecular flexibility index (Phi) is 1.75. The number of nitrogens with zero attached hydrogens (tertiary/aromatic N) is 3. The molecular weight excluding hydrogens is 189 g/mol. The van der Waals surface area contributed by atoms with E-state index in [1.165, 1.54) is 4.68 Å². The fourth-order valence-corrected chi connectivity index (χ4v) is 1.18. The van der Waals surface area contributed by atoms with Crippen molar-refractivity contribution in [3.63, 3.8) is 0 Å². The Hall–Kier alpha value is -0.320. The lowest BCUT2D eigenvalue weighted by Gasteiger charge is -1.94. The molecule has 0 N–H and O–H groups in total. The van der Waals surface area contributed by atoms with Crippen LogP contribution in [0.15, 0.2) is 0 Å². The smallest absolute Gasteiger partial charge is 0.243 e. The van der Waals surface area contributed by atoms with Crippen LogP contribution < -0.4 is 0 Å². The van der Waals surface area contributed by atoms with Crippen molar-refractivity contribution in [2.75, 3.05) is 6.61 Å². The van der Waals surface area contributed by atoms with Gasteiger partial charge in [0.05, 0.1) is 13.2 Å². The monoisotopic (exact) mass is 193 g/mol. The number of epoxide rings is 1. The molecule has 0 saturated carbocycles. The molecule has 0 bridgehead atoms. The Morgan fingerprint density at radius 1 is 1.64 bits per heavy atom. The van der Waals surface area contributed by atoms with Crippen LogP contribution >= 0.6 is 23.2 Å². The summed E-state index contributed by atoms with van der Waals surface area (Å²) in [6.45, 7) is 1.41. The molecule has 1 saturated heterocycles. The summed E-state index contributed by atoms with van der Waals surface area (Å²) in [6.07, 6.45) is 0.241. The van der Waals surface area contributed by atoms with Crippen molar-refractivity contribution in [3.8, 4) is 0 Å². The highest BCUT2D eigenvalue weighted by Crippen LogP contribution is 2.15. The lowest BCUT2D eigenvalue weighted by molar-refractivity contribution is 0.373. The molecule has 0 radical (unpaired) electrons. The van der Waals surface area contributed by atoms with Crippen LogP contribution in [0.3, 0.4) is 0 Å². The molecule has 0 aliphatic carbocycles. The zero-order valence-electron chi connectivity index (χ0n) is 5.50. The molecule has 0 spiro atoms. The van der Waals surface area contributed by atoms with E-state index in [9.17, 15) is 0 Å². The molecule has 11 heavy (non-hydrogen) atoms. The number of hydrogen-bond acceptors (Lipinski definition) is 3. The lowest BCUT2D eigenvalue weighted by Crippen LogP contribution is -2.05. The van der Waals surface area contributed by atoms with Gasteiger partial charge < -0.3 is 4.74 Å². The van der Waals surface area contributed by atoms with Crippen LogP contribution in [0, 0.1) is 0 Å². The van der Waals surface area contributed by atoms with Gasteiger partial charge in [-0.2, -0.15) is 4.98 Å². The highest BCUT2D eigenvalue weighted by atomic mass is 35.5. The second-order valence-corrected chi connectivity index (χ2v) is 2.96. The summed E-state index contributed by atoms with van der Waals surface area (Å²) in [6, 6.07) is 0. The summed E-state index contributed by atoms with van der Waals surface area (Å²) in [5.41, 5.74) is 0. The summed E-state index contributed by atoms with van der Waals surface area (Å²) >= 11 is 11.2. The fourth-order valence-electron chi connectivity index (χ4n) is 0.780. The van der Waals surface area contributed by atoms with Crippen molar-refractivity contribution in [1.29, 1.82) is 0 Å². The molecule has 60 valence electrons. The van der Waals surface area contributed by atoms with Crippen LogP contribution in [0.25, 0.3) is 0 Å². The van der Waals surface area contributed by atoms with Gasteiger partial charge in [0.15, 0.2) is 0 Å². The molecule has 1 atom stereocenters. The van der Waals surface area contributed by atoms with E-state index >= 15 is 0 Å². The van der Waals surface area contributed by atoms with Crippen LogP contribution in [0.5, 0.6) is 0 Å². The van der Waals surface area contributed by atoms with Crippen LogP contribution in [-0.2, 0) is 11.3 Å². The molecule has 1 fully saturated rings. The Bertz CT molecular complexity index is 271. The number of ether oxygens (including phenoxy) is 1. The molecule has 0 aromatic carbocycles.